The fourth-order valence-corrected chi connectivity index (χ4v) is 4.57. The molecule has 1 amide bonds. The van der Waals surface area contributed by atoms with E-state index in [0.717, 1.165) is 55.6 Å². The third-order valence-electron chi connectivity index (χ3n) is 6.54. The van der Waals surface area contributed by atoms with Crippen molar-refractivity contribution < 1.29 is 9.59 Å². The van der Waals surface area contributed by atoms with Crippen LogP contribution in [0.1, 0.15) is 98.4 Å². The first-order chi connectivity index (χ1) is 15.0. The van der Waals surface area contributed by atoms with Gasteiger partial charge in [-0.05, 0) is 69.4 Å². The van der Waals surface area contributed by atoms with Crippen molar-refractivity contribution in [3.63, 3.8) is 0 Å². The fraction of sp³-hybridized carbons (Fsp3) is 0.577. The fourth-order valence-electron chi connectivity index (χ4n) is 4.57. The van der Waals surface area contributed by atoms with Crippen LogP contribution in [0.3, 0.4) is 0 Å². The molecular formula is C26H37N3O2. The van der Waals surface area contributed by atoms with Crippen molar-refractivity contribution in [3.8, 4) is 0 Å². The molecular weight excluding hydrogens is 386 g/mol. The zero-order valence-electron chi connectivity index (χ0n) is 19.4. The average molecular weight is 424 g/mol. The van der Waals surface area contributed by atoms with Crippen LogP contribution in [0.4, 0.5) is 5.69 Å². The maximum atomic E-state index is 13.0. The van der Waals surface area contributed by atoms with Crippen molar-refractivity contribution in [2.24, 2.45) is 5.92 Å². The Morgan fingerprint density at radius 3 is 2.35 bits per heavy atom. The van der Waals surface area contributed by atoms with E-state index < -0.39 is 0 Å². The summed E-state index contributed by atoms with van der Waals surface area (Å²) in [5, 5.41) is 7.54. The van der Waals surface area contributed by atoms with Gasteiger partial charge in [-0.1, -0.05) is 51.9 Å². The molecule has 0 aliphatic heterocycles. The number of hydrogen-bond donors (Lipinski definition) is 1. The number of benzene rings is 1. The third kappa shape index (κ3) is 6.05. The third-order valence-corrected chi connectivity index (χ3v) is 6.54. The monoisotopic (exact) mass is 423 g/mol. The maximum absolute atomic E-state index is 13.0. The first-order valence-corrected chi connectivity index (χ1v) is 12.0. The molecule has 1 heterocycles. The summed E-state index contributed by atoms with van der Waals surface area (Å²) in [6.45, 7) is 6.20. The smallest absolute Gasteiger partial charge is 0.278 e. The second-order valence-corrected chi connectivity index (χ2v) is 8.93. The normalized spacial score (nSPS) is 14.5. The Labute approximate surface area is 186 Å². The van der Waals surface area contributed by atoms with Crippen molar-refractivity contribution in [1.82, 2.24) is 9.78 Å². The Hall–Kier alpha value is -2.43. The lowest BCUT2D eigenvalue weighted by Gasteiger charge is -2.20. The quantitative estimate of drug-likeness (QED) is 0.487. The number of aromatic nitrogens is 2. The summed E-state index contributed by atoms with van der Waals surface area (Å²) in [5.74, 6) is 0.0917. The summed E-state index contributed by atoms with van der Waals surface area (Å²) in [6.07, 6.45) is 12.6. The molecule has 5 heteroatoms. The van der Waals surface area contributed by atoms with Gasteiger partial charge in [-0.2, -0.15) is 5.10 Å². The van der Waals surface area contributed by atoms with Crippen molar-refractivity contribution in [2.75, 3.05) is 5.32 Å². The Morgan fingerprint density at radius 2 is 1.68 bits per heavy atom. The molecule has 2 aromatic rings. The summed E-state index contributed by atoms with van der Waals surface area (Å²) in [7, 11) is 0. The summed E-state index contributed by atoms with van der Waals surface area (Å²) in [4.78, 5) is 25.5. The zero-order chi connectivity index (χ0) is 22.2. The van der Waals surface area contributed by atoms with Crippen LogP contribution in [-0.2, 0) is 11.2 Å². The van der Waals surface area contributed by atoms with E-state index >= 15 is 0 Å². The molecule has 1 aliphatic carbocycles. The van der Waals surface area contributed by atoms with Gasteiger partial charge in [-0.15, -0.1) is 0 Å². The van der Waals surface area contributed by atoms with E-state index in [0.29, 0.717) is 5.56 Å². The predicted molar refractivity (Wildman–Crippen MR) is 126 cm³/mol. The highest BCUT2D eigenvalue weighted by atomic mass is 16.2. The number of aryl methyl sites for hydroxylation is 1. The number of carbonyl (C=O) groups excluding carboxylic acids is 2. The number of nitrogens with one attached hydrogen (secondary N) is 1. The molecule has 31 heavy (non-hydrogen) atoms. The summed E-state index contributed by atoms with van der Waals surface area (Å²) < 4.78 is 1.53. The molecule has 0 radical (unpaired) electrons. The van der Waals surface area contributed by atoms with Gasteiger partial charge in [0.1, 0.15) is 0 Å². The van der Waals surface area contributed by atoms with E-state index in [9.17, 15) is 9.59 Å². The molecule has 0 bridgehead atoms. The van der Waals surface area contributed by atoms with E-state index in [4.69, 9.17) is 0 Å². The zero-order valence-corrected chi connectivity index (χ0v) is 19.4. The van der Waals surface area contributed by atoms with Crippen molar-refractivity contribution >= 4 is 17.5 Å². The Bertz CT molecular complexity index is 877. The van der Waals surface area contributed by atoms with Crippen molar-refractivity contribution in [1.29, 1.82) is 0 Å². The molecule has 1 aromatic heterocycles. The first-order valence-electron chi connectivity index (χ1n) is 12.0. The van der Waals surface area contributed by atoms with Crippen molar-refractivity contribution in [2.45, 2.75) is 91.4 Å². The Kier molecular flexibility index (Phi) is 8.44. The van der Waals surface area contributed by atoms with Crippen LogP contribution in [0.15, 0.2) is 24.3 Å². The van der Waals surface area contributed by atoms with Crippen LogP contribution in [0.2, 0.25) is 0 Å². The lowest BCUT2D eigenvalue weighted by molar-refractivity contribution is -0.120. The second-order valence-electron chi connectivity index (χ2n) is 8.93. The summed E-state index contributed by atoms with van der Waals surface area (Å²) >= 11 is 0. The van der Waals surface area contributed by atoms with E-state index in [1.54, 1.807) is 12.1 Å². The number of unbranched alkanes of at least 4 members (excludes halogenated alkanes) is 4. The van der Waals surface area contributed by atoms with E-state index in [-0.39, 0.29) is 17.7 Å². The molecule has 1 aromatic carbocycles. The van der Waals surface area contributed by atoms with Crippen LogP contribution >= 0.6 is 0 Å². The summed E-state index contributed by atoms with van der Waals surface area (Å²) in [6, 6.07) is 7.18. The van der Waals surface area contributed by atoms with E-state index in [1.165, 1.54) is 42.3 Å². The lowest BCUT2D eigenvalue weighted by atomic mass is 9.88. The minimum absolute atomic E-state index is 0.0981. The van der Waals surface area contributed by atoms with Gasteiger partial charge in [0.25, 0.3) is 5.91 Å². The SMILES string of the molecule is CCCCCCCc1c(C)nn(C(=O)c2ccc(NC(=O)C3CCCCC3)cc2)c1C. The van der Waals surface area contributed by atoms with Crippen LogP contribution in [0, 0.1) is 19.8 Å². The Morgan fingerprint density at radius 1 is 1.00 bits per heavy atom. The standard InChI is InChI=1S/C26H37N3O2/c1-4-5-6-7-11-14-24-19(2)28-29(20(24)3)26(31)22-15-17-23(18-16-22)27-25(30)21-12-9-8-10-13-21/h15-18,21H,4-14H2,1-3H3,(H,27,30). The van der Waals surface area contributed by atoms with E-state index in [1.807, 2.05) is 26.0 Å². The number of nitrogens with zero attached hydrogens (tertiary/aromatic N) is 2. The van der Waals surface area contributed by atoms with Gasteiger partial charge in [-0.25, -0.2) is 4.68 Å². The molecule has 1 aliphatic rings. The van der Waals surface area contributed by atoms with Gasteiger partial charge < -0.3 is 5.32 Å². The van der Waals surface area contributed by atoms with Gasteiger partial charge in [0, 0.05) is 22.9 Å². The second kappa shape index (κ2) is 11.3. The van der Waals surface area contributed by atoms with Crippen molar-refractivity contribution in [3.05, 3.63) is 46.8 Å². The predicted octanol–water partition coefficient (Wildman–Crippen LogP) is 6.22. The molecule has 1 saturated carbocycles. The molecule has 1 fully saturated rings. The summed E-state index contributed by atoms with van der Waals surface area (Å²) in [5.41, 5.74) is 4.40. The van der Waals surface area contributed by atoms with Crippen LogP contribution in [0.25, 0.3) is 0 Å². The van der Waals surface area contributed by atoms with Crippen LogP contribution < -0.4 is 5.32 Å². The van der Waals surface area contributed by atoms with Crippen LogP contribution in [0.5, 0.6) is 0 Å². The Balaban J connectivity index is 1.62. The van der Waals surface area contributed by atoms with Gasteiger partial charge >= 0.3 is 0 Å². The minimum Gasteiger partial charge on any atom is -0.326 e. The molecule has 0 spiro atoms. The average Bonchev–Trinajstić information content (AvgIpc) is 3.07. The number of rotatable bonds is 9. The number of hydrogen-bond acceptors (Lipinski definition) is 3. The van der Waals surface area contributed by atoms with Crippen LogP contribution in [-0.4, -0.2) is 21.6 Å². The molecule has 0 atom stereocenters. The topological polar surface area (TPSA) is 64.0 Å². The minimum atomic E-state index is -0.122. The highest BCUT2D eigenvalue weighted by Crippen LogP contribution is 2.25. The first kappa shape index (κ1) is 23.2. The number of amides is 1. The highest BCUT2D eigenvalue weighted by molar-refractivity contribution is 5.97. The van der Waals surface area contributed by atoms with E-state index in [2.05, 4.69) is 17.3 Å². The lowest BCUT2D eigenvalue weighted by Crippen LogP contribution is -2.24. The molecule has 0 unspecified atom stereocenters. The largest absolute Gasteiger partial charge is 0.326 e. The molecule has 168 valence electrons. The van der Waals surface area contributed by atoms with Gasteiger partial charge in [0.2, 0.25) is 5.91 Å². The number of carbonyl (C=O) groups is 2. The van der Waals surface area contributed by atoms with Gasteiger partial charge in [0.15, 0.2) is 0 Å². The van der Waals surface area contributed by atoms with Gasteiger partial charge in [-0.3, -0.25) is 9.59 Å². The molecule has 3 rings (SSSR count). The molecule has 1 N–H and O–H groups in total. The highest BCUT2D eigenvalue weighted by Gasteiger charge is 2.21. The molecule has 0 saturated heterocycles. The van der Waals surface area contributed by atoms with Gasteiger partial charge in [0.05, 0.1) is 5.69 Å². The molecule has 5 nitrogen and oxygen atoms in total. The maximum Gasteiger partial charge on any atom is 0.278 e. The number of anilines is 1.